The molecule has 0 radical (unpaired) electrons. The van der Waals surface area contributed by atoms with E-state index in [1.807, 2.05) is 24.4 Å². The van der Waals surface area contributed by atoms with Crippen LogP contribution in [0.5, 0.6) is 0 Å². The molecule has 6 rings (SSSR count). The average Bonchev–Trinajstić information content (AvgIpc) is 3.22. The quantitative estimate of drug-likeness (QED) is 0.323. The first-order valence-electron chi connectivity index (χ1n) is 9.66. The predicted octanol–water partition coefficient (Wildman–Crippen LogP) is 6.95. The van der Waals surface area contributed by atoms with Crippen LogP contribution in [-0.4, -0.2) is 4.98 Å². The van der Waals surface area contributed by atoms with Crippen LogP contribution in [0.15, 0.2) is 83.4 Å². The number of aromatic nitrogens is 1. The minimum Gasteiger partial charge on any atom is -0.455 e. The van der Waals surface area contributed by atoms with Gasteiger partial charge in [0.15, 0.2) is 0 Å². The summed E-state index contributed by atoms with van der Waals surface area (Å²) < 4.78 is 6.59. The van der Waals surface area contributed by atoms with E-state index >= 15 is 0 Å². The summed E-state index contributed by atoms with van der Waals surface area (Å²) in [5.74, 6) is 0. The molecule has 2 nitrogen and oxygen atoms in total. The molecule has 0 amide bonds. The molecule has 2 aromatic heterocycles. The topological polar surface area (TPSA) is 26.0 Å². The summed E-state index contributed by atoms with van der Waals surface area (Å²) in [7, 11) is 0. The fraction of sp³-hybridized carbons (Fsp3) is 0.115. The van der Waals surface area contributed by atoms with Crippen molar-refractivity contribution in [1.29, 1.82) is 0 Å². The standard InChI is InChI=1S/C26H19NO/c1-26(2)20-11-4-3-8-18(20)23-21(26)14-13-17-16-9-7-10-19(24(16)28-25(17)23)22-12-5-6-15-27-22/h3-15H,1-2H3. The molecule has 0 bridgehead atoms. The van der Waals surface area contributed by atoms with Gasteiger partial charge in [-0.3, -0.25) is 4.98 Å². The second-order valence-electron chi connectivity index (χ2n) is 8.03. The van der Waals surface area contributed by atoms with Gasteiger partial charge in [0.05, 0.1) is 5.69 Å². The molecule has 0 unspecified atom stereocenters. The molecule has 0 aliphatic heterocycles. The Morgan fingerprint density at radius 3 is 2.32 bits per heavy atom. The SMILES string of the molecule is CC1(C)c2ccccc2-c2c1ccc1c2oc2c(-c3ccccn3)cccc21. The van der Waals surface area contributed by atoms with Crippen molar-refractivity contribution >= 4 is 21.9 Å². The summed E-state index contributed by atoms with van der Waals surface area (Å²) in [5, 5.41) is 2.31. The Bertz CT molecular complexity index is 1380. The second-order valence-corrected chi connectivity index (χ2v) is 8.03. The molecule has 0 N–H and O–H groups in total. The molecule has 28 heavy (non-hydrogen) atoms. The molecule has 0 atom stereocenters. The zero-order valence-corrected chi connectivity index (χ0v) is 15.9. The maximum Gasteiger partial charge on any atom is 0.144 e. The molecular formula is C26H19NO. The van der Waals surface area contributed by atoms with Gasteiger partial charge in [-0.1, -0.05) is 68.4 Å². The van der Waals surface area contributed by atoms with Gasteiger partial charge in [-0.15, -0.1) is 0 Å². The minimum atomic E-state index is -0.0249. The van der Waals surface area contributed by atoms with Crippen LogP contribution in [-0.2, 0) is 5.41 Å². The lowest BCUT2D eigenvalue weighted by Crippen LogP contribution is -2.14. The van der Waals surface area contributed by atoms with Crippen molar-refractivity contribution in [2.75, 3.05) is 0 Å². The smallest absolute Gasteiger partial charge is 0.144 e. The summed E-state index contributed by atoms with van der Waals surface area (Å²) in [6.45, 7) is 4.59. The number of hydrogen-bond acceptors (Lipinski definition) is 2. The molecule has 3 aromatic carbocycles. The third-order valence-electron chi connectivity index (χ3n) is 6.15. The Kier molecular flexibility index (Phi) is 2.98. The van der Waals surface area contributed by atoms with Crippen LogP contribution in [0, 0.1) is 0 Å². The van der Waals surface area contributed by atoms with Crippen molar-refractivity contribution < 1.29 is 4.42 Å². The van der Waals surface area contributed by atoms with Gasteiger partial charge in [0.25, 0.3) is 0 Å². The summed E-state index contributed by atoms with van der Waals surface area (Å²) in [6, 6.07) is 25.5. The van der Waals surface area contributed by atoms with Crippen molar-refractivity contribution in [2.24, 2.45) is 0 Å². The van der Waals surface area contributed by atoms with E-state index in [0.29, 0.717) is 0 Å². The normalized spacial score (nSPS) is 14.4. The van der Waals surface area contributed by atoms with E-state index < -0.39 is 0 Å². The Balaban J connectivity index is 1.75. The number of fused-ring (bicyclic) bond motifs is 7. The number of pyridine rings is 1. The predicted molar refractivity (Wildman–Crippen MR) is 115 cm³/mol. The van der Waals surface area contributed by atoms with Crippen LogP contribution in [0.1, 0.15) is 25.0 Å². The fourth-order valence-corrected chi connectivity index (χ4v) is 4.77. The zero-order chi connectivity index (χ0) is 18.9. The van der Waals surface area contributed by atoms with Crippen molar-refractivity contribution in [2.45, 2.75) is 19.3 Å². The average molecular weight is 361 g/mol. The lowest BCUT2D eigenvalue weighted by Gasteiger charge is -2.21. The van der Waals surface area contributed by atoms with Crippen LogP contribution in [0.2, 0.25) is 0 Å². The van der Waals surface area contributed by atoms with Crippen LogP contribution in [0.4, 0.5) is 0 Å². The third-order valence-corrected chi connectivity index (χ3v) is 6.15. The van der Waals surface area contributed by atoms with Gasteiger partial charge < -0.3 is 4.42 Å². The van der Waals surface area contributed by atoms with Gasteiger partial charge in [-0.05, 0) is 34.9 Å². The third kappa shape index (κ3) is 1.90. The fourth-order valence-electron chi connectivity index (χ4n) is 4.77. The van der Waals surface area contributed by atoms with Crippen LogP contribution < -0.4 is 0 Å². The molecule has 134 valence electrons. The first-order chi connectivity index (χ1) is 13.7. The number of furan rings is 1. The first-order valence-corrected chi connectivity index (χ1v) is 9.66. The Hall–Kier alpha value is -3.39. The minimum absolute atomic E-state index is 0.0249. The van der Waals surface area contributed by atoms with Crippen LogP contribution in [0.25, 0.3) is 44.3 Å². The van der Waals surface area contributed by atoms with E-state index in [1.54, 1.807) is 0 Å². The van der Waals surface area contributed by atoms with E-state index in [9.17, 15) is 0 Å². The summed E-state index contributed by atoms with van der Waals surface area (Å²) in [6.07, 6.45) is 1.83. The van der Waals surface area contributed by atoms with Gasteiger partial charge in [0.2, 0.25) is 0 Å². The number of para-hydroxylation sites is 1. The van der Waals surface area contributed by atoms with Crippen LogP contribution >= 0.6 is 0 Å². The number of nitrogens with zero attached hydrogens (tertiary/aromatic N) is 1. The highest BCUT2D eigenvalue weighted by molar-refractivity contribution is 6.14. The number of hydrogen-bond donors (Lipinski definition) is 0. The van der Waals surface area contributed by atoms with E-state index in [0.717, 1.165) is 27.8 Å². The molecule has 0 fully saturated rings. The van der Waals surface area contributed by atoms with Crippen molar-refractivity contribution in [3.05, 3.63) is 90.1 Å². The highest BCUT2D eigenvalue weighted by Gasteiger charge is 2.37. The molecule has 0 saturated carbocycles. The van der Waals surface area contributed by atoms with Crippen molar-refractivity contribution in [1.82, 2.24) is 4.98 Å². The van der Waals surface area contributed by atoms with Gasteiger partial charge in [-0.2, -0.15) is 0 Å². The highest BCUT2D eigenvalue weighted by atomic mass is 16.3. The van der Waals surface area contributed by atoms with Gasteiger partial charge in [0.1, 0.15) is 11.2 Å². The lowest BCUT2D eigenvalue weighted by atomic mass is 9.82. The summed E-state index contributed by atoms with van der Waals surface area (Å²) in [5.41, 5.74) is 9.05. The van der Waals surface area contributed by atoms with E-state index in [2.05, 4.69) is 73.4 Å². The highest BCUT2D eigenvalue weighted by Crippen LogP contribution is 2.52. The molecule has 1 aliphatic carbocycles. The maximum absolute atomic E-state index is 6.59. The molecular weight excluding hydrogens is 342 g/mol. The second kappa shape index (κ2) is 5.32. The van der Waals surface area contributed by atoms with Gasteiger partial charge in [0, 0.05) is 33.5 Å². The molecule has 0 saturated heterocycles. The van der Waals surface area contributed by atoms with Crippen LogP contribution in [0.3, 0.4) is 0 Å². The van der Waals surface area contributed by atoms with E-state index in [-0.39, 0.29) is 5.41 Å². The molecule has 2 heteroatoms. The maximum atomic E-state index is 6.59. The zero-order valence-electron chi connectivity index (χ0n) is 15.9. The monoisotopic (exact) mass is 361 g/mol. The van der Waals surface area contributed by atoms with Gasteiger partial charge in [-0.25, -0.2) is 0 Å². The number of rotatable bonds is 1. The Morgan fingerprint density at radius 2 is 1.46 bits per heavy atom. The summed E-state index contributed by atoms with van der Waals surface area (Å²) >= 11 is 0. The molecule has 2 heterocycles. The lowest BCUT2D eigenvalue weighted by molar-refractivity contribution is 0.653. The molecule has 0 spiro atoms. The van der Waals surface area contributed by atoms with Gasteiger partial charge >= 0.3 is 0 Å². The summed E-state index contributed by atoms with van der Waals surface area (Å²) in [4.78, 5) is 4.54. The Morgan fingerprint density at radius 1 is 0.679 bits per heavy atom. The first kappa shape index (κ1) is 15.6. The Labute approximate surface area is 163 Å². The molecule has 5 aromatic rings. The van der Waals surface area contributed by atoms with E-state index in [1.165, 1.54) is 27.6 Å². The molecule has 1 aliphatic rings. The number of benzene rings is 3. The van der Waals surface area contributed by atoms with E-state index in [4.69, 9.17) is 4.42 Å². The largest absolute Gasteiger partial charge is 0.455 e. The van der Waals surface area contributed by atoms with Crippen molar-refractivity contribution in [3.63, 3.8) is 0 Å². The van der Waals surface area contributed by atoms with Crippen molar-refractivity contribution in [3.8, 4) is 22.4 Å².